The van der Waals surface area contributed by atoms with Crippen molar-refractivity contribution in [3.63, 3.8) is 0 Å². The molecule has 3 N–H and O–H groups in total. The van der Waals surface area contributed by atoms with Gasteiger partial charge in [-0.2, -0.15) is 0 Å². The quantitative estimate of drug-likeness (QED) is 0.829. The first-order valence-electron chi connectivity index (χ1n) is 5.81. The van der Waals surface area contributed by atoms with Crippen LogP contribution in [0.4, 0.5) is 10.1 Å². The molecular weight excluding hydrogens is 245 g/mol. The third kappa shape index (κ3) is 3.07. The largest absolute Gasteiger partial charge is 0.398 e. The molecule has 0 aliphatic carbocycles. The van der Waals surface area contributed by atoms with Crippen molar-refractivity contribution in [2.45, 2.75) is 13.5 Å². The van der Waals surface area contributed by atoms with Crippen LogP contribution in [0.2, 0.25) is 0 Å². The molecule has 0 atom stereocenters. The minimum Gasteiger partial charge on any atom is -0.398 e. The van der Waals surface area contributed by atoms with E-state index < -0.39 is 11.7 Å². The number of nitrogens with two attached hydrogens (primary N) is 1. The van der Waals surface area contributed by atoms with Gasteiger partial charge in [0.15, 0.2) is 0 Å². The Morgan fingerprint density at radius 1 is 1.42 bits per heavy atom. The Hall–Kier alpha value is -2.43. The molecule has 4 nitrogen and oxygen atoms in total. The lowest BCUT2D eigenvalue weighted by Gasteiger charge is -2.08. The Balaban J connectivity index is 2.10. The number of aryl methyl sites for hydroxylation is 1. The maximum Gasteiger partial charge on any atom is 0.253 e. The first-order chi connectivity index (χ1) is 9.08. The highest BCUT2D eigenvalue weighted by Crippen LogP contribution is 2.13. The lowest BCUT2D eigenvalue weighted by Crippen LogP contribution is -2.24. The zero-order valence-electron chi connectivity index (χ0n) is 10.5. The summed E-state index contributed by atoms with van der Waals surface area (Å²) in [6.07, 6.45) is 1.66. The smallest absolute Gasteiger partial charge is 0.253 e. The summed E-state index contributed by atoms with van der Waals surface area (Å²) in [6.45, 7) is 2.19. The topological polar surface area (TPSA) is 68.0 Å². The van der Waals surface area contributed by atoms with Gasteiger partial charge in [0.25, 0.3) is 5.91 Å². The summed E-state index contributed by atoms with van der Waals surface area (Å²) >= 11 is 0. The molecule has 0 aliphatic heterocycles. The van der Waals surface area contributed by atoms with Gasteiger partial charge in [0.2, 0.25) is 0 Å². The number of rotatable bonds is 3. The molecule has 5 heteroatoms. The molecule has 0 radical (unpaired) electrons. The second-order valence-electron chi connectivity index (χ2n) is 4.18. The predicted octanol–water partition coefficient (Wildman–Crippen LogP) is 2.04. The Kier molecular flexibility index (Phi) is 3.75. The number of nitrogens with zero attached hydrogens (tertiary/aromatic N) is 1. The number of nitrogens with one attached hydrogen (secondary N) is 1. The van der Waals surface area contributed by atoms with E-state index in [4.69, 9.17) is 5.73 Å². The Labute approximate surface area is 110 Å². The minimum absolute atomic E-state index is 0.133. The standard InChI is InChI=1S/C14H14FN3O/c1-9-3-2-6-17-13(9)8-18-14(19)11-7-10(15)4-5-12(11)16/h2-7H,8,16H2,1H3,(H,18,19). The number of benzene rings is 1. The first kappa shape index (κ1) is 13.0. The molecule has 0 bridgehead atoms. The van der Waals surface area contributed by atoms with Gasteiger partial charge < -0.3 is 11.1 Å². The van der Waals surface area contributed by atoms with E-state index in [1.165, 1.54) is 12.1 Å². The van der Waals surface area contributed by atoms with Gasteiger partial charge in [-0.1, -0.05) is 6.07 Å². The fourth-order valence-corrected chi connectivity index (χ4v) is 1.69. The molecule has 1 aromatic carbocycles. The average molecular weight is 259 g/mol. The van der Waals surface area contributed by atoms with E-state index in [9.17, 15) is 9.18 Å². The second kappa shape index (κ2) is 5.48. The SMILES string of the molecule is Cc1cccnc1CNC(=O)c1cc(F)ccc1N. The number of aromatic nitrogens is 1. The number of amides is 1. The van der Waals surface area contributed by atoms with Gasteiger partial charge in [0.05, 0.1) is 17.8 Å². The van der Waals surface area contributed by atoms with Crippen molar-refractivity contribution in [3.05, 3.63) is 59.2 Å². The van der Waals surface area contributed by atoms with E-state index in [-0.39, 0.29) is 17.8 Å². The number of carbonyl (C=O) groups excluding carboxylic acids is 1. The van der Waals surface area contributed by atoms with Crippen LogP contribution in [-0.2, 0) is 6.54 Å². The van der Waals surface area contributed by atoms with E-state index in [0.717, 1.165) is 17.3 Å². The highest BCUT2D eigenvalue weighted by atomic mass is 19.1. The van der Waals surface area contributed by atoms with Gasteiger partial charge in [-0.15, -0.1) is 0 Å². The van der Waals surface area contributed by atoms with Crippen LogP contribution in [0, 0.1) is 12.7 Å². The van der Waals surface area contributed by atoms with Crippen LogP contribution in [0.3, 0.4) is 0 Å². The minimum atomic E-state index is -0.492. The summed E-state index contributed by atoms with van der Waals surface area (Å²) in [6, 6.07) is 7.44. The summed E-state index contributed by atoms with van der Waals surface area (Å²) < 4.78 is 13.1. The third-order valence-corrected chi connectivity index (χ3v) is 2.79. The molecule has 19 heavy (non-hydrogen) atoms. The molecule has 98 valence electrons. The van der Waals surface area contributed by atoms with Crippen LogP contribution in [0.5, 0.6) is 0 Å². The van der Waals surface area contributed by atoms with Gasteiger partial charge in [0.1, 0.15) is 5.82 Å². The van der Waals surface area contributed by atoms with Crippen molar-refractivity contribution in [2.75, 3.05) is 5.73 Å². The predicted molar refractivity (Wildman–Crippen MR) is 71.0 cm³/mol. The summed E-state index contributed by atoms with van der Waals surface area (Å²) in [5.41, 5.74) is 7.78. The Morgan fingerprint density at radius 3 is 2.95 bits per heavy atom. The molecule has 0 unspecified atom stereocenters. The molecule has 1 amide bonds. The second-order valence-corrected chi connectivity index (χ2v) is 4.18. The maximum atomic E-state index is 13.1. The average Bonchev–Trinajstić information content (AvgIpc) is 2.40. The Morgan fingerprint density at radius 2 is 2.21 bits per heavy atom. The van der Waals surface area contributed by atoms with E-state index in [2.05, 4.69) is 10.3 Å². The van der Waals surface area contributed by atoms with Gasteiger partial charge in [-0.25, -0.2) is 4.39 Å². The number of carbonyl (C=O) groups is 1. The van der Waals surface area contributed by atoms with E-state index >= 15 is 0 Å². The zero-order chi connectivity index (χ0) is 13.8. The van der Waals surface area contributed by atoms with Gasteiger partial charge in [-0.05, 0) is 36.8 Å². The first-order valence-corrected chi connectivity index (χ1v) is 5.81. The van der Waals surface area contributed by atoms with E-state index in [0.29, 0.717) is 0 Å². The zero-order valence-corrected chi connectivity index (χ0v) is 10.5. The summed E-state index contributed by atoms with van der Waals surface area (Å²) in [5, 5.41) is 2.68. The van der Waals surface area contributed by atoms with Crippen molar-refractivity contribution < 1.29 is 9.18 Å². The molecule has 0 saturated heterocycles. The molecule has 0 fully saturated rings. The number of nitrogen functional groups attached to an aromatic ring is 1. The fraction of sp³-hybridized carbons (Fsp3) is 0.143. The maximum absolute atomic E-state index is 13.1. The summed E-state index contributed by atoms with van der Waals surface area (Å²) in [5.74, 6) is -0.907. The van der Waals surface area contributed by atoms with Crippen molar-refractivity contribution in [3.8, 4) is 0 Å². The van der Waals surface area contributed by atoms with Crippen LogP contribution >= 0.6 is 0 Å². The van der Waals surface area contributed by atoms with Crippen LogP contribution in [0.15, 0.2) is 36.5 Å². The van der Waals surface area contributed by atoms with Crippen LogP contribution in [-0.4, -0.2) is 10.9 Å². The molecule has 2 aromatic rings. The number of pyridine rings is 1. The van der Waals surface area contributed by atoms with Gasteiger partial charge >= 0.3 is 0 Å². The molecule has 2 rings (SSSR count). The van der Waals surface area contributed by atoms with Crippen LogP contribution in [0.1, 0.15) is 21.6 Å². The Bertz CT molecular complexity index is 613. The molecule has 0 spiro atoms. The molecule has 0 aliphatic rings. The molecule has 1 heterocycles. The van der Waals surface area contributed by atoms with Crippen molar-refractivity contribution in [1.29, 1.82) is 0 Å². The number of anilines is 1. The lowest BCUT2D eigenvalue weighted by atomic mass is 10.1. The van der Waals surface area contributed by atoms with Crippen molar-refractivity contribution in [2.24, 2.45) is 0 Å². The van der Waals surface area contributed by atoms with E-state index in [1.54, 1.807) is 6.20 Å². The van der Waals surface area contributed by atoms with Crippen molar-refractivity contribution >= 4 is 11.6 Å². The highest BCUT2D eigenvalue weighted by Gasteiger charge is 2.11. The number of hydrogen-bond donors (Lipinski definition) is 2. The number of hydrogen-bond acceptors (Lipinski definition) is 3. The van der Waals surface area contributed by atoms with Crippen LogP contribution < -0.4 is 11.1 Å². The lowest BCUT2D eigenvalue weighted by molar-refractivity contribution is 0.0951. The monoisotopic (exact) mass is 259 g/mol. The van der Waals surface area contributed by atoms with Gasteiger partial charge in [-0.3, -0.25) is 9.78 Å². The number of halogens is 1. The molecule has 1 aromatic heterocycles. The van der Waals surface area contributed by atoms with Gasteiger partial charge in [0, 0.05) is 11.9 Å². The molecular formula is C14H14FN3O. The van der Waals surface area contributed by atoms with Crippen molar-refractivity contribution in [1.82, 2.24) is 10.3 Å². The third-order valence-electron chi connectivity index (χ3n) is 2.79. The summed E-state index contributed by atoms with van der Waals surface area (Å²) in [4.78, 5) is 16.1. The normalized spacial score (nSPS) is 10.2. The van der Waals surface area contributed by atoms with Crippen LogP contribution in [0.25, 0.3) is 0 Å². The van der Waals surface area contributed by atoms with E-state index in [1.807, 2.05) is 19.1 Å². The highest BCUT2D eigenvalue weighted by molar-refractivity contribution is 5.99. The fourth-order valence-electron chi connectivity index (χ4n) is 1.69. The summed E-state index contributed by atoms with van der Waals surface area (Å²) in [7, 11) is 0. The molecule has 0 saturated carbocycles.